The number of carbonyl (C=O) groups is 2. The predicted molar refractivity (Wildman–Crippen MR) is 119 cm³/mol. The summed E-state index contributed by atoms with van der Waals surface area (Å²) in [5.74, 6) is 0.169. The first-order valence-electron chi connectivity index (χ1n) is 10.1. The van der Waals surface area contributed by atoms with Crippen LogP contribution in [-0.2, 0) is 22.6 Å². The third-order valence-electron chi connectivity index (χ3n) is 4.89. The zero-order valence-electron chi connectivity index (χ0n) is 17.7. The van der Waals surface area contributed by atoms with Gasteiger partial charge in [0, 0.05) is 24.5 Å². The molecule has 0 aliphatic rings. The third kappa shape index (κ3) is 7.21. The molecule has 2 rings (SSSR count). The highest BCUT2D eigenvalue weighted by Gasteiger charge is 2.26. The van der Waals surface area contributed by atoms with E-state index >= 15 is 0 Å². The summed E-state index contributed by atoms with van der Waals surface area (Å²) in [5, 5.41) is 3.60. The molecule has 0 aliphatic carbocycles. The van der Waals surface area contributed by atoms with Crippen molar-refractivity contribution in [3.8, 4) is 0 Å². The van der Waals surface area contributed by atoms with Gasteiger partial charge in [-0.05, 0) is 43.4 Å². The lowest BCUT2D eigenvalue weighted by atomic mass is 10.1. The predicted octanol–water partition coefficient (Wildman–Crippen LogP) is 4.77. The number of aryl methyl sites for hydroxylation is 2. The lowest BCUT2D eigenvalue weighted by Gasteiger charge is -2.29. The van der Waals surface area contributed by atoms with E-state index in [0.29, 0.717) is 36.9 Å². The minimum atomic E-state index is -0.547. The van der Waals surface area contributed by atoms with Crippen molar-refractivity contribution in [2.75, 3.05) is 6.54 Å². The van der Waals surface area contributed by atoms with Crippen LogP contribution in [0.3, 0.4) is 0 Å². The first-order valence-corrected chi connectivity index (χ1v) is 10.5. The highest BCUT2D eigenvalue weighted by molar-refractivity contribution is 6.31. The second kappa shape index (κ2) is 11.0. The average Bonchev–Trinajstić information content (AvgIpc) is 2.70. The van der Waals surface area contributed by atoms with Gasteiger partial charge in [-0.25, -0.2) is 0 Å². The quantitative estimate of drug-likeness (QED) is 0.642. The van der Waals surface area contributed by atoms with E-state index in [9.17, 15) is 9.59 Å². The molecule has 4 nitrogen and oxygen atoms in total. The van der Waals surface area contributed by atoms with Crippen molar-refractivity contribution in [3.63, 3.8) is 0 Å². The molecule has 0 heterocycles. The molecule has 1 atom stereocenters. The molecule has 0 saturated carbocycles. The molecule has 0 spiro atoms. The van der Waals surface area contributed by atoms with E-state index in [2.05, 4.69) is 5.32 Å². The van der Waals surface area contributed by atoms with Gasteiger partial charge >= 0.3 is 0 Å². The Balaban J connectivity index is 2.13. The van der Waals surface area contributed by atoms with E-state index in [4.69, 9.17) is 11.6 Å². The number of carbonyl (C=O) groups excluding carboxylic acids is 2. The van der Waals surface area contributed by atoms with E-state index in [1.165, 1.54) is 0 Å². The van der Waals surface area contributed by atoms with E-state index in [1.807, 2.05) is 69.3 Å². The van der Waals surface area contributed by atoms with Crippen LogP contribution in [0.5, 0.6) is 0 Å². The molecule has 0 aromatic heterocycles. The van der Waals surface area contributed by atoms with Gasteiger partial charge in [0.2, 0.25) is 11.8 Å². The normalized spacial score (nSPS) is 11.9. The first kappa shape index (κ1) is 23.0. The van der Waals surface area contributed by atoms with Crippen molar-refractivity contribution in [1.82, 2.24) is 10.2 Å². The van der Waals surface area contributed by atoms with Crippen molar-refractivity contribution in [2.45, 2.75) is 53.1 Å². The van der Waals surface area contributed by atoms with Gasteiger partial charge in [0.05, 0.1) is 0 Å². The van der Waals surface area contributed by atoms with Crippen molar-refractivity contribution < 1.29 is 9.59 Å². The molecule has 0 bridgehead atoms. The van der Waals surface area contributed by atoms with Gasteiger partial charge in [-0.15, -0.1) is 0 Å². The lowest BCUT2D eigenvalue weighted by molar-refractivity contribution is -0.140. The molecule has 2 amide bonds. The Morgan fingerprint density at radius 2 is 1.69 bits per heavy atom. The van der Waals surface area contributed by atoms with Crippen LogP contribution in [0, 0.1) is 12.8 Å². The first-order chi connectivity index (χ1) is 13.8. The van der Waals surface area contributed by atoms with Gasteiger partial charge in [0.25, 0.3) is 0 Å². The van der Waals surface area contributed by atoms with Crippen molar-refractivity contribution >= 4 is 23.4 Å². The zero-order valence-corrected chi connectivity index (χ0v) is 18.5. The fraction of sp³-hybridized carbons (Fsp3) is 0.417. The molecule has 0 fully saturated rings. The minimum absolute atomic E-state index is 0.0577. The van der Waals surface area contributed by atoms with Gasteiger partial charge in [-0.1, -0.05) is 73.5 Å². The van der Waals surface area contributed by atoms with Crippen LogP contribution in [0.25, 0.3) is 0 Å². The minimum Gasteiger partial charge on any atom is -0.354 e. The summed E-state index contributed by atoms with van der Waals surface area (Å²) in [6, 6.07) is 15.0. The zero-order chi connectivity index (χ0) is 21.4. The second-order valence-corrected chi connectivity index (χ2v) is 8.32. The summed E-state index contributed by atoms with van der Waals surface area (Å²) >= 11 is 6.23. The molecule has 5 heteroatoms. The Hall–Kier alpha value is -2.33. The smallest absolute Gasteiger partial charge is 0.242 e. The van der Waals surface area contributed by atoms with E-state index < -0.39 is 6.04 Å². The molecule has 0 saturated heterocycles. The molecule has 2 aromatic carbocycles. The second-order valence-electron chi connectivity index (χ2n) is 7.91. The van der Waals surface area contributed by atoms with Gasteiger partial charge < -0.3 is 10.2 Å². The Morgan fingerprint density at radius 1 is 1.03 bits per heavy atom. The van der Waals surface area contributed by atoms with Gasteiger partial charge in [-0.2, -0.15) is 0 Å². The van der Waals surface area contributed by atoms with Crippen LogP contribution in [0.15, 0.2) is 48.5 Å². The number of benzene rings is 2. The topological polar surface area (TPSA) is 49.4 Å². The Morgan fingerprint density at radius 3 is 2.31 bits per heavy atom. The summed E-state index contributed by atoms with van der Waals surface area (Å²) in [5.41, 5.74) is 3.10. The molecule has 2 aromatic rings. The number of rotatable bonds is 9. The molecule has 0 unspecified atom stereocenters. The van der Waals surface area contributed by atoms with E-state index in [1.54, 1.807) is 11.8 Å². The largest absolute Gasteiger partial charge is 0.354 e. The summed E-state index contributed by atoms with van der Waals surface area (Å²) in [4.78, 5) is 27.4. The number of hydrogen-bond donors (Lipinski definition) is 1. The molecular weight excluding hydrogens is 384 g/mol. The van der Waals surface area contributed by atoms with Crippen LogP contribution in [0.2, 0.25) is 5.02 Å². The summed E-state index contributed by atoms with van der Waals surface area (Å²) in [7, 11) is 0. The number of hydrogen-bond acceptors (Lipinski definition) is 2. The van der Waals surface area contributed by atoms with Crippen LogP contribution in [-0.4, -0.2) is 29.3 Å². The van der Waals surface area contributed by atoms with Crippen molar-refractivity contribution in [1.29, 1.82) is 0 Å². The number of nitrogens with zero attached hydrogens (tertiary/aromatic N) is 1. The highest BCUT2D eigenvalue weighted by Crippen LogP contribution is 2.18. The third-order valence-corrected chi connectivity index (χ3v) is 5.26. The molecule has 0 aliphatic heterocycles. The highest BCUT2D eigenvalue weighted by atomic mass is 35.5. The Kier molecular flexibility index (Phi) is 8.71. The van der Waals surface area contributed by atoms with Gasteiger partial charge in [-0.3, -0.25) is 9.59 Å². The molecule has 1 N–H and O–H groups in total. The fourth-order valence-electron chi connectivity index (χ4n) is 3.01. The maximum absolute atomic E-state index is 13.1. The number of halogens is 1. The molecule has 29 heavy (non-hydrogen) atoms. The van der Waals surface area contributed by atoms with Crippen LogP contribution in [0.4, 0.5) is 0 Å². The summed E-state index contributed by atoms with van der Waals surface area (Å²) in [6.07, 6.45) is 0.848. The van der Waals surface area contributed by atoms with Crippen LogP contribution < -0.4 is 5.32 Å². The maximum Gasteiger partial charge on any atom is 0.242 e. The van der Waals surface area contributed by atoms with Crippen LogP contribution in [0.1, 0.15) is 43.9 Å². The Labute approximate surface area is 179 Å². The number of nitrogens with one attached hydrogen (secondary N) is 1. The van der Waals surface area contributed by atoms with E-state index in [0.717, 1.165) is 16.7 Å². The number of amides is 2. The standard InChI is InChI=1S/C24H31ClN2O2/c1-17(2)15-26-24(29)19(4)27(16-20-11-9-18(3)10-12-20)23(28)14-13-21-7-5-6-8-22(21)25/h5-12,17,19H,13-16H2,1-4H3,(H,26,29)/t19-/m1/s1. The summed E-state index contributed by atoms with van der Waals surface area (Å²) < 4.78 is 0. The lowest BCUT2D eigenvalue weighted by Crippen LogP contribution is -2.48. The van der Waals surface area contributed by atoms with Crippen LogP contribution >= 0.6 is 11.6 Å². The SMILES string of the molecule is Cc1ccc(CN(C(=O)CCc2ccccc2Cl)[C@H](C)C(=O)NCC(C)C)cc1. The Bertz CT molecular complexity index is 818. The van der Waals surface area contributed by atoms with Crippen molar-refractivity contribution in [2.24, 2.45) is 5.92 Å². The summed E-state index contributed by atoms with van der Waals surface area (Å²) in [6.45, 7) is 8.90. The van der Waals surface area contributed by atoms with E-state index in [-0.39, 0.29) is 11.8 Å². The molecule has 156 valence electrons. The average molecular weight is 415 g/mol. The maximum atomic E-state index is 13.1. The van der Waals surface area contributed by atoms with Gasteiger partial charge in [0.15, 0.2) is 0 Å². The van der Waals surface area contributed by atoms with Crippen molar-refractivity contribution in [3.05, 3.63) is 70.2 Å². The molecule has 0 radical (unpaired) electrons. The fourth-order valence-corrected chi connectivity index (χ4v) is 3.24. The molecular formula is C24H31ClN2O2. The monoisotopic (exact) mass is 414 g/mol. The van der Waals surface area contributed by atoms with Gasteiger partial charge in [0.1, 0.15) is 6.04 Å².